The van der Waals surface area contributed by atoms with Crippen molar-refractivity contribution < 1.29 is 18.9 Å². The zero-order valence-corrected chi connectivity index (χ0v) is 19.1. The fourth-order valence-electron chi connectivity index (χ4n) is 3.89. The predicted molar refractivity (Wildman–Crippen MR) is 123 cm³/mol. The van der Waals surface area contributed by atoms with Crippen LogP contribution in [0.2, 0.25) is 0 Å². The van der Waals surface area contributed by atoms with Gasteiger partial charge in [-0.25, -0.2) is 0 Å². The van der Waals surface area contributed by atoms with E-state index >= 15 is 0 Å². The first-order valence-electron chi connectivity index (χ1n) is 11.2. The summed E-state index contributed by atoms with van der Waals surface area (Å²) < 4.78 is 24.0. The molecule has 0 amide bonds. The molecule has 3 heterocycles. The third kappa shape index (κ3) is 4.66. The first-order chi connectivity index (χ1) is 15.4. The minimum atomic E-state index is -0.0874. The van der Waals surface area contributed by atoms with Crippen LogP contribution in [-0.2, 0) is 21.9 Å². The largest absolute Gasteiger partial charge is 0.491 e. The van der Waals surface area contributed by atoms with Gasteiger partial charge in [0, 0.05) is 23.7 Å². The predicted octanol–water partition coefficient (Wildman–Crippen LogP) is 4.61. The molecular formula is C26H30N2O4. The SMILES string of the molecule is Cn1nc(-c2ccc(OCC3CO3)cc2)c(C(C)(C)C)c1-c1ccc(OCC2CO2)cc1. The van der Waals surface area contributed by atoms with Gasteiger partial charge in [-0.1, -0.05) is 20.8 Å². The summed E-state index contributed by atoms with van der Waals surface area (Å²) in [5.74, 6) is 1.71. The highest BCUT2D eigenvalue weighted by Crippen LogP contribution is 2.40. The van der Waals surface area contributed by atoms with Crippen LogP contribution >= 0.6 is 0 Å². The van der Waals surface area contributed by atoms with Crippen molar-refractivity contribution in [3.63, 3.8) is 0 Å². The molecule has 2 saturated heterocycles. The van der Waals surface area contributed by atoms with Gasteiger partial charge in [0.2, 0.25) is 0 Å². The van der Waals surface area contributed by atoms with Gasteiger partial charge in [-0.05, 0) is 53.9 Å². The van der Waals surface area contributed by atoms with Crippen LogP contribution in [-0.4, -0.2) is 48.4 Å². The van der Waals surface area contributed by atoms with Gasteiger partial charge in [0.15, 0.2) is 0 Å². The fraction of sp³-hybridized carbons (Fsp3) is 0.423. The van der Waals surface area contributed by atoms with E-state index in [1.54, 1.807) is 0 Å². The number of aryl methyl sites for hydroxylation is 1. The van der Waals surface area contributed by atoms with E-state index in [2.05, 4.69) is 45.0 Å². The Labute approximate surface area is 189 Å². The number of epoxide rings is 2. The van der Waals surface area contributed by atoms with Crippen molar-refractivity contribution in [1.29, 1.82) is 0 Å². The Kier molecular flexibility index (Phi) is 5.43. The molecule has 0 spiro atoms. The Hall–Kier alpha value is -2.83. The molecule has 5 rings (SSSR count). The lowest BCUT2D eigenvalue weighted by molar-refractivity contribution is 0.263. The maximum Gasteiger partial charge on any atom is 0.119 e. The second kappa shape index (κ2) is 8.26. The second-order valence-electron chi connectivity index (χ2n) is 9.53. The molecule has 0 saturated carbocycles. The summed E-state index contributed by atoms with van der Waals surface area (Å²) in [7, 11) is 2.01. The number of aromatic nitrogens is 2. The summed E-state index contributed by atoms with van der Waals surface area (Å²) >= 11 is 0. The van der Waals surface area contributed by atoms with Gasteiger partial charge in [-0.2, -0.15) is 5.10 Å². The number of nitrogens with zero attached hydrogens (tertiary/aromatic N) is 2. The monoisotopic (exact) mass is 434 g/mol. The van der Waals surface area contributed by atoms with Crippen LogP contribution in [0.25, 0.3) is 22.5 Å². The van der Waals surface area contributed by atoms with Crippen LogP contribution in [0.15, 0.2) is 48.5 Å². The summed E-state index contributed by atoms with van der Waals surface area (Å²) in [6.45, 7) is 9.51. The van der Waals surface area contributed by atoms with E-state index in [1.165, 1.54) is 5.56 Å². The Bertz CT molecular complexity index is 1070. The molecule has 168 valence electrons. The van der Waals surface area contributed by atoms with Crippen molar-refractivity contribution in [2.75, 3.05) is 26.4 Å². The smallest absolute Gasteiger partial charge is 0.119 e. The topological polar surface area (TPSA) is 61.3 Å². The minimum Gasteiger partial charge on any atom is -0.491 e. The average molecular weight is 435 g/mol. The first-order valence-corrected chi connectivity index (χ1v) is 11.2. The number of hydrogen-bond donors (Lipinski definition) is 0. The van der Waals surface area contributed by atoms with Crippen molar-refractivity contribution >= 4 is 0 Å². The van der Waals surface area contributed by atoms with Crippen LogP contribution in [0.5, 0.6) is 11.5 Å². The number of benzene rings is 2. The van der Waals surface area contributed by atoms with Crippen LogP contribution in [0, 0.1) is 0 Å². The van der Waals surface area contributed by atoms with Gasteiger partial charge in [-0.3, -0.25) is 4.68 Å². The minimum absolute atomic E-state index is 0.0874. The van der Waals surface area contributed by atoms with Crippen LogP contribution in [0.1, 0.15) is 26.3 Å². The Morgan fingerprint density at radius 2 is 1.31 bits per heavy atom. The highest BCUT2D eigenvalue weighted by Gasteiger charge is 2.29. The Morgan fingerprint density at radius 1 is 0.844 bits per heavy atom. The number of rotatable bonds is 8. The van der Waals surface area contributed by atoms with Gasteiger partial charge in [0.1, 0.15) is 36.9 Å². The maximum atomic E-state index is 5.81. The average Bonchev–Trinajstić information content (AvgIpc) is 3.69. The molecule has 1 aromatic heterocycles. The van der Waals surface area contributed by atoms with E-state index in [0.29, 0.717) is 13.2 Å². The van der Waals surface area contributed by atoms with E-state index in [9.17, 15) is 0 Å². The van der Waals surface area contributed by atoms with Gasteiger partial charge < -0.3 is 18.9 Å². The maximum absolute atomic E-state index is 5.81. The molecule has 2 aliphatic heterocycles. The van der Waals surface area contributed by atoms with E-state index < -0.39 is 0 Å². The zero-order chi connectivity index (χ0) is 22.3. The summed E-state index contributed by atoms with van der Waals surface area (Å²) in [5, 5.41) is 4.94. The third-order valence-corrected chi connectivity index (χ3v) is 5.73. The molecule has 3 aromatic rings. The molecule has 2 aromatic carbocycles. The molecule has 0 N–H and O–H groups in total. The molecule has 2 fully saturated rings. The van der Waals surface area contributed by atoms with Gasteiger partial charge in [0.05, 0.1) is 24.6 Å². The molecule has 2 atom stereocenters. The molecule has 0 aliphatic carbocycles. The van der Waals surface area contributed by atoms with E-state index in [0.717, 1.165) is 47.2 Å². The fourth-order valence-corrected chi connectivity index (χ4v) is 3.89. The third-order valence-electron chi connectivity index (χ3n) is 5.73. The molecule has 6 nitrogen and oxygen atoms in total. The van der Waals surface area contributed by atoms with Gasteiger partial charge in [-0.15, -0.1) is 0 Å². The lowest BCUT2D eigenvalue weighted by Crippen LogP contribution is -2.13. The Morgan fingerprint density at radius 3 is 1.75 bits per heavy atom. The van der Waals surface area contributed by atoms with Crippen LogP contribution < -0.4 is 9.47 Å². The van der Waals surface area contributed by atoms with Gasteiger partial charge >= 0.3 is 0 Å². The van der Waals surface area contributed by atoms with Gasteiger partial charge in [0.25, 0.3) is 0 Å². The quantitative estimate of drug-likeness (QED) is 0.485. The molecule has 0 bridgehead atoms. The number of hydrogen-bond acceptors (Lipinski definition) is 5. The summed E-state index contributed by atoms with van der Waals surface area (Å²) in [5.41, 5.74) is 5.46. The molecule has 2 aliphatic rings. The van der Waals surface area contributed by atoms with E-state index in [4.69, 9.17) is 24.0 Å². The van der Waals surface area contributed by atoms with Crippen molar-refractivity contribution in [2.45, 2.75) is 38.4 Å². The summed E-state index contributed by atoms with van der Waals surface area (Å²) in [4.78, 5) is 0. The lowest BCUT2D eigenvalue weighted by Gasteiger charge is -2.22. The van der Waals surface area contributed by atoms with Crippen molar-refractivity contribution in [2.24, 2.45) is 7.05 Å². The molecule has 32 heavy (non-hydrogen) atoms. The highest BCUT2D eigenvalue weighted by molar-refractivity contribution is 5.76. The Balaban J connectivity index is 1.44. The van der Waals surface area contributed by atoms with E-state index in [-0.39, 0.29) is 17.6 Å². The highest BCUT2D eigenvalue weighted by atomic mass is 16.6. The zero-order valence-electron chi connectivity index (χ0n) is 19.1. The van der Waals surface area contributed by atoms with Crippen LogP contribution in [0.3, 0.4) is 0 Å². The molecule has 6 heteroatoms. The normalized spacial score (nSPS) is 19.6. The second-order valence-corrected chi connectivity index (χ2v) is 9.53. The molecule has 2 unspecified atom stereocenters. The lowest BCUT2D eigenvalue weighted by atomic mass is 9.82. The standard InChI is InChI=1S/C26H30N2O4/c1-26(2,3)23-24(17-5-9-19(10-6-17)29-13-21-15-31-21)27-28(4)25(23)18-7-11-20(12-8-18)30-14-22-16-32-22/h5-12,21-22H,13-16H2,1-4H3. The van der Waals surface area contributed by atoms with Crippen molar-refractivity contribution in [1.82, 2.24) is 9.78 Å². The van der Waals surface area contributed by atoms with Crippen molar-refractivity contribution in [3.05, 3.63) is 54.1 Å². The first kappa shape index (κ1) is 21.0. The molecular weight excluding hydrogens is 404 g/mol. The molecule has 0 radical (unpaired) electrons. The summed E-state index contributed by atoms with van der Waals surface area (Å²) in [6.07, 6.45) is 0.500. The number of ether oxygens (including phenoxy) is 4. The van der Waals surface area contributed by atoms with Crippen LogP contribution in [0.4, 0.5) is 0 Å². The summed E-state index contributed by atoms with van der Waals surface area (Å²) in [6, 6.07) is 16.4. The van der Waals surface area contributed by atoms with Crippen molar-refractivity contribution in [3.8, 4) is 34.0 Å². The van der Waals surface area contributed by atoms with E-state index in [1.807, 2.05) is 36.0 Å².